The third-order valence-corrected chi connectivity index (χ3v) is 3.08. The van der Waals surface area contributed by atoms with Crippen molar-refractivity contribution in [3.05, 3.63) is 18.2 Å². The van der Waals surface area contributed by atoms with Gasteiger partial charge in [-0.1, -0.05) is 0 Å². The zero-order chi connectivity index (χ0) is 10.6. The molecule has 0 aromatic carbocycles. The van der Waals surface area contributed by atoms with Crippen LogP contribution in [0.25, 0.3) is 0 Å². The molecule has 0 aliphatic carbocycles. The Bertz CT molecular complexity index is 312. The lowest BCUT2D eigenvalue weighted by atomic mass is 10.5. The van der Waals surface area contributed by atoms with E-state index >= 15 is 0 Å². The van der Waals surface area contributed by atoms with Gasteiger partial charge in [-0.25, -0.2) is 4.98 Å². The van der Waals surface area contributed by atoms with Crippen LogP contribution in [0.5, 0.6) is 0 Å². The Morgan fingerprint density at radius 1 is 1.79 bits per heavy atom. The minimum atomic E-state index is -0.774. The molecule has 1 N–H and O–H groups in total. The van der Waals surface area contributed by atoms with Crippen molar-refractivity contribution >= 4 is 17.7 Å². The van der Waals surface area contributed by atoms with Crippen molar-refractivity contribution < 1.29 is 9.90 Å². The lowest BCUT2D eigenvalue weighted by Gasteiger charge is -2.06. The zero-order valence-electron chi connectivity index (χ0n) is 8.30. The Hall–Kier alpha value is -0.970. The molecular formula is C9H14N2O2S. The fraction of sp³-hybridized carbons (Fsp3) is 0.556. The topological polar surface area (TPSA) is 55.1 Å². The summed E-state index contributed by atoms with van der Waals surface area (Å²) >= 11 is 1.39. The number of aliphatic carboxylic acids is 1. The van der Waals surface area contributed by atoms with Crippen LogP contribution in [0, 0.1) is 0 Å². The number of aromatic nitrogens is 2. The number of hydrogen-bond acceptors (Lipinski definition) is 3. The first-order chi connectivity index (χ1) is 6.65. The van der Waals surface area contributed by atoms with Gasteiger partial charge in [-0.3, -0.25) is 4.79 Å². The van der Waals surface area contributed by atoms with E-state index in [1.165, 1.54) is 11.8 Å². The maximum Gasteiger partial charge on any atom is 0.316 e. The van der Waals surface area contributed by atoms with E-state index in [1.807, 2.05) is 17.7 Å². The summed E-state index contributed by atoms with van der Waals surface area (Å²) in [5.74, 6) is 0.809. The van der Waals surface area contributed by atoms with E-state index in [0.717, 1.165) is 12.4 Å². The SMILES string of the molecule is CCn1ccnc1CSC(C)C(=O)O. The van der Waals surface area contributed by atoms with Crippen molar-refractivity contribution in [1.82, 2.24) is 9.55 Å². The van der Waals surface area contributed by atoms with E-state index in [-0.39, 0.29) is 5.25 Å². The molecule has 0 aliphatic rings. The van der Waals surface area contributed by atoms with Crippen molar-refractivity contribution in [1.29, 1.82) is 0 Å². The van der Waals surface area contributed by atoms with E-state index in [2.05, 4.69) is 4.98 Å². The summed E-state index contributed by atoms with van der Waals surface area (Å²) in [6.07, 6.45) is 3.64. The van der Waals surface area contributed by atoms with Crippen molar-refractivity contribution in [2.75, 3.05) is 0 Å². The van der Waals surface area contributed by atoms with Gasteiger partial charge in [0.2, 0.25) is 0 Å². The highest BCUT2D eigenvalue weighted by Crippen LogP contribution is 2.16. The van der Waals surface area contributed by atoms with Gasteiger partial charge in [-0.15, -0.1) is 11.8 Å². The Morgan fingerprint density at radius 2 is 2.50 bits per heavy atom. The molecule has 1 atom stereocenters. The van der Waals surface area contributed by atoms with Crippen LogP contribution in [0.3, 0.4) is 0 Å². The maximum absolute atomic E-state index is 10.6. The van der Waals surface area contributed by atoms with E-state index < -0.39 is 5.97 Å². The molecule has 4 nitrogen and oxygen atoms in total. The monoisotopic (exact) mass is 214 g/mol. The van der Waals surface area contributed by atoms with Crippen molar-refractivity contribution in [3.63, 3.8) is 0 Å². The molecule has 1 heterocycles. The Morgan fingerprint density at radius 3 is 3.07 bits per heavy atom. The van der Waals surface area contributed by atoms with Crippen LogP contribution in [-0.4, -0.2) is 25.9 Å². The number of thioether (sulfide) groups is 1. The van der Waals surface area contributed by atoms with Gasteiger partial charge in [0.1, 0.15) is 5.82 Å². The highest BCUT2D eigenvalue weighted by molar-refractivity contribution is 7.99. The number of aryl methyl sites for hydroxylation is 1. The predicted octanol–water partition coefficient (Wildman–Crippen LogP) is 1.61. The zero-order valence-corrected chi connectivity index (χ0v) is 9.12. The summed E-state index contributed by atoms with van der Waals surface area (Å²) in [5.41, 5.74) is 0. The molecule has 1 aromatic heterocycles. The molecule has 1 rings (SSSR count). The largest absolute Gasteiger partial charge is 0.480 e. The van der Waals surface area contributed by atoms with Crippen LogP contribution >= 0.6 is 11.8 Å². The third-order valence-electron chi connectivity index (χ3n) is 1.95. The number of nitrogens with zero attached hydrogens (tertiary/aromatic N) is 2. The van der Waals surface area contributed by atoms with Gasteiger partial charge in [0, 0.05) is 18.9 Å². The molecule has 78 valence electrons. The highest BCUT2D eigenvalue weighted by atomic mass is 32.2. The van der Waals surface area contributed by atoms with Crippen LogP contribution < -0.4 is 0 Å². The summed E-state index contributed by atoms with van der Waals surface area (Å²) in [7, 11) is 0. The number of imidazole rings is 1. The molecule has 0 spiro atoms. The molecule has 0 amide bonds. The van der Waals surface area contributed by atoms with Gasteiger partial charge >= 0.3 is 5.97 Å². The molecule has 0 aliphatic heterocycles. The van der Waals surface area contributed by atoms with Crippen LogP contribution in [0.2, 0.25) is 0 Å². The van der Waals surface area contributed by atoms with Crippen LogP contribution in [0.1, 0.15) is 19.7 Å². The van der Waals surface area contributed by atoms with Crippen molar-refractivity contribution in [2.24, 2.45) is 0 Å². The molecule has 1 aromatic rings. The van der Waals surface area contributed by atoms with Gasteiger partial charge in [0.15, 0.2) is 0 Å². The number of rotatable bonds is 5. The summed E-state index contributed by atoms with van der Waals surface area (Å²) in [5, 5.41) is 8.31. The Kier molecular flexibility index (Phi) is 4.00. The maximum atomic E-state index is 10.6. The van der Waals surface area contributed by atoms with Gasteiger partial charge in [-0.2, -0.15) is 0 Å². The predicted molar refractivity (Wildman–Crippen MR) is 56.3 cm³/mol. The van der Waals surface area contributed by atoms with Gasteiger partial charge in [0.25, 0.3) is 0 Å². The van der Waals surface area contributed by atoms with E-state index in [0.29, 0.717) is 5.75 Å². The molecule has 0 saturated carbocycles. The molecule has 0 saturated heterocycles. The summed E-state index contributed by atoms with van der Waals surface area (Å²) in [6.45, 7) is 4.60. The summed E-state index contributed by atoms with van der Waals surface area (Å²) in [6, 6.07) is 0. The minimum Gasteiger partial charge on any atom is -0.480 e. The molecule has 0 fully saturated rings. The molecule has 0 radical (unpaired) electrons. The number of carbonyl (C=O) groups is 1. The number of hydrogen-bond donors (Lipinski definition) is 1. The van der Waals surface area contributed by atoms with Crippen molar-refractivity contribution in [3.8, 4) is 0 Å². The quantitative estimate of drug-likeness (QED) is 0.809. The van der Waals surface area contributed by atoms with E-state index in [1.54, 1.807) is 13.1 Å². The molecule has 14 heavy (non-hydrogen) atoms. The average molecular weight is 214 g/mol. The normalized spacial score (nSPS) is 12.7. The van der Waals surface area contributed by atoms with Crippen molar-refractivity contribution in [2.45, 2.75) is 31.4 Å². The number of carboxylic acids is 1. The van der Waals surface area contributed by atoms with Gasteiger partial charge in [0.05, 0.1) is 11.0 Å². The molecule has 0 bridgehead atoms. The van der Waals surface area contributed by atoms with E-state index in [4.69, 9.17) is 5.11 Å². The summed E-state index contributed by atoms with van der Waals surface area (Å²) in [4.78, 5) is 14.7. The first kappa shape index (κ1) is 11.1. The lowest BCUT2D eigenvalue weighted by Crippen LogP contribution is -2.12. The minimum absolute atomic E-state index is 0.378. The average Bonchev–Trinajstić information content (AvgIpc) is 2.60. The van der Waals surface area contributed by atoms with Crippen LogP contribution in [0.15, 0.2) is 12.4 Å². The van der Waals surface area contributed by atoms with Crippen LogP contribution in [-0.2, 0) is 17.1 Å². The second-order valence-electron chi connectivity index (χ2n) is 2.92. The van der Waals surface area contributed by atoms with E-state index in [9.17, 15) is 4.79 Å². The highest BCUT2D eigenvalue weighted by Gasteiger charge is 2.12. The van der Waals surface area contributed by atoms with Gasteiger partial charge in [-0.05, 0) is 13.8 Å². The molecular weight excluding hydrogens is 200 g/mol. The lowest BCUT2D eigenvalue weighted by molar-refractivity contribution is -0.136. The summed E-state index contributed by atoms with van der Waals surface area (Å²) < 4.78 is 2.02. The second-order valence-corrected chi connectivity index (χ2v) is 4.25. The molecule has 1 unspecified atom stereocenters. The van der Waals surface area contributed by atoms with Crippen LogP contribution in [0.4, 0.5) is 0 Å². The Labute approximate surface area is 87.3 Å². The first-order valence-electron chi connectivity index (χ1n) is 4.49. The molecule has 5 heteroatoms. The van der Waals surface area contributed by atoms with Gasteiger partial charge < -0.3 is 9.67 Å². The fourth-order valence-electron chi connectivity index (χ4n) is 1.04. The number of carboxylic acid groups (broad SMARTS) is 1. The standard InChI is InChI=1S/C9H14N2O2S/c1-3-11-5-4-10-8(11)6-14-7(2)9(12)13/h4-5,7H,3,6H2,1-2H3,(H,12,13). The second kappa shape index (κ2) is 5.05. The first-order valence-corrected chi connectivity index (χ1v) is 5.54. The third kappa shape index (κ3) is 2.77. The smallest absolute Gasteiger partial charge is 0.316 e. The fourth-order valence-corrected chi connectivity index (χ4v) is 1.82. The Balaban J connectivity index is 2.49.